The molecule has 5 rings (SSSR count). The molecule has 0 amide bonds. The molecule has 6 nitrogen and oxygen atoms in total. The zero-order chi connectivity index (χ0) is 25.4. The fraction of sp³-hybridized carbons (Fsp3) is 0.214. The van der Waals surface area contributed by atoms with Gasteiger partial charge in [-0.2, -0.15) is 0 Å². The highest BCUT2D eigenvalue weighted by Crippen LogP contribution is 2.67. The van der Waals surface area contributed by atoms with Crippen LogP contribution in [-0.2, 0) is 0 Å². The van der Waals surface area contributed by atoms with Crippen molar-refractivity contribution in [2.45, 2.75) is 23.7 Å². The highest BCUT2D eigenvalue weighted by atomic mass is 35.5. The van der Waals surface area contributed by atoms with Crippen LogP contribution in [0.15, 0.2) is 91.6 Å². The van der Waals surface area contributed by atoms with Gasteiger partial charge in [0.15, 0.2) is 0 Å². The molecule has 1 fully saturated rings. The fourth-order valence-electron chi connectivity index (χ4n) is 5.20. The van der Waals surface area contributed by atoms with Crippen molar-refractivity contribution in [1.29, 1.82) is 0 Å². The molecule has 4 aromatic rings. The second kappa shape index (κ2) is 9.88. The van der Waals surface area contributed by atoms with Crippen LogP contribution in [0.5, 0.6) is 11.5 Å². The molecule has 0 unspecified atom stereocenters. The zero-order valence-corrected chi connectivity index (χ0v) is 21.0. The molecule has 1 saturated carbocycles. The molecule has 2 aromatic carbocycles. The summed E-state index contributed by atoms with van der Waals surface area (Å²) in [7, 11) is 2.81. The van der Waals surface area contributed by atoms with E-state index in [1.54, 1.807) is 0 Å². The van der Waals surface area contributed by atoms with Gasteiger partial charge in [0.2, 0.25) is 22.4 Å². The Labute approximate surface area is 217 Å². The van der Waals surface area contributed by atoms with E-state index in [4.69, 9.17) is 41.5 Å². The lowest BCUT2D eigenvalue weighted by Crippen LogP contribution is -2.41. The molecule has 2 aromatic heterocycles. The lowest BCUT2D eigenvalue weighted by molar-refractivity contribution is 0.170. The number of rotatable bonds is 6. The first-order valence-corrected chi connectivity index (χ1v) is 12.0. The molecule has 184 valence electrons. The summed E-state index contributed by atoms with van der Waals surface area (Å²) < 4.78 is 22.0. The molecule has 0 radical (unpaired) electrons. The molecule has 2 heterocycles. The Kier molecular flexibility index (Phi) is 6.65. The summed E-state index contributed by atoms with van der Waals surface area (Å²) in [5.74, 6) is -0.178. The van der Waals surface area contributed by atoms with Gasteiger partial charge in [-0.05, 0) is 23.3 Å². The molecule has 36 heavy (non-hydrogen) atoms. The van der Waals surface area contributed by atoms with Gasteiger partial charge in [0, 0.05) is 45.8 Å². The summed E-state index contributed by atoms with van der Waals surface area (Å²) in [6.07, 6.45) is 2.59. The molecule has 0 aliphatic heterocycles. The minimum Gasteiger partial charge on any atom is -0.490 e. The summed E-state index contributed by atoms with van der Waals surface area (Å²) in [5.41, 5.74) is 1.12. The molecule has 0 N–H and O–H groups in total. The van der Waals surface area contributed by atoms with Gasteiger partial charge >= 0.3 is 0 Å². The Hall–Kier alpha value is -3.48. The van der Waals surface area contributed by atoms with E-state index in [1.165, 1.54) is 38.9 Å². The van der Waals surface area contributed by atoms with Crippen molar-refractivity contribution < 1.29 is 18.3 Å². The Morgan fingerprint density at radius 2 is 1.03 bits per heavy atom. The van der Waals surface area contributed by atoms with Gasteiger partial charge in [0.05, 0.1) is 14.2 Å². The average Bonchev–Trinajstić information content (AvgIpc) is 2.86. The predicted octanol–water partition coefficient (Wildman–Crippen LogP) is 6.37. The minimum absolute atomic E-state index is 0.0996. The van der Waals surface area contributed by atoms with Crippen molar-refractivity contribution in [1.82, 2.24) is 0 Å². The number of ether oxygens (including phenoxy) is 2. The maximum atomic E-state index is 12.7. The van der Waals surface area contributed by atoms with Crippen LogP contribution in [0, 0.1) is 0 Å². The van der Waals surface area contributed by atoms with E-state index >= 15 is 0 Å². The lowest BCUT2D eigenvalue weighted by atomic mass is 9.51. The van der Waals surface area contributed by atoms with Gasteiger partial charge < -0.3 is 18.3 Å². The van der Waals surface area contributed by atoms with Gasteiger partial charge in [0.25, 0.3) is 0 Å². The second-order valence-corrected chi connectivity index (χ2v) is 9.39. The SMILES string of the molecule is COc1coc([C@@H]2[C@@H](c3cc(=O)c(OC)co3)[C@H](c3ccccc3Cl)[C@H]2c2ccccc2Cl)cc1=O. The van der Waals surface area contributed by atoms with Crippen molar-refractivity contribution in [3.8, 4) is 11.5 Å². The van der Waals surface area contributed by atoms with Gasteiger partial charge in [-0.3, -0.25) is 9.59 Å². The summed E-state index contributed by atoms with van der Waals surface area (Å²) in [4.78, 5) is 25.4. The summed E-state index contributed by atoms with van der Waals surface area (Å²) in [6, 6.07) is 17.9. The van der Waals surface area contributed by atoms with Crippen molar-refractivity contribution in [3.63, 3.8) is 0 Å². The first kappa shape index (κ1) is 24.2. The number of hydrogen-bond donors (Lipinski definition) is 0. The smallest absolute Gasteiger partial charge is 0.226 e. The van der Waals surface area contributed by atoms with E-state index in [0.717, 1.165) is 11.1 Å². The number of methoxy groups -OCH3 is 2. The molecular formula is C28H22Cl2O6. The molecule has 0 saturated heterocycles. The van der Waals surface area contributed by atoms with Crippen molar-refractivity contribution in [2.24, 2.45) is 0 Å². The quantitative estimate of drug-likeness (QED) is 0.291. The standard InChI is InChI=1S/C28H22Cl2O6/c1-33-23-13-35-21(11-19(23)31)27-25(15-7-3-5-9-17(15)29)26(16-8-4-6-10-18(16)30)28(27)22-12-20(32)24(34-2)14-36-22/h3-14,25-28H,1-2H3/t25-,26-,27+,28+/m1/s1. The number of benzene rings is 2. The third-order valence-electron chi connectivity index (χ3n) is 6.81. The summed E-state index contributed by atoms with van der Waals surface area (Å²) in [5, 5.41) is 1.16. The van der Waals surface area contributed by atoms with E-state index in [1.807, 2.05) is 48.5 Å². The van der Waals surface area contributed by atoms with Crippen LogP contribution in [0.25, 0.3) is 0 Å². The van der Waals surface area contributed by atoms with Gasteiger partial charge in [-0.15, -0.1) is 0 Å². The van der Waals surface area contributed by atoms with Crippen LogP contribution in [0.3, 0.4) is 0 Å². The zero-order valence-electron chi connectivity index (χ0n) is 19.4. The molecule has 0 spiro atoms. The van der Waals surface area contributed by atoms with Crippen molar-refractivity contribution in [3.05, 3.63) is 126 Å². The first-order valence-electron chi connectivity index (χ1n) is 11.3. The maximum absolute atomic E-state index is 12.7. The van der Waals surface area contributed by atoms with Crippen LogP contribution in [0.2, 0.25) is 10.0 Å². The van der Waals surface area contributed by atoms with Crippen LogP contribution in [0.1, 0.15) is 46.3 Å². The van der Waals surface area contributed by atoms with Crippen molar-refractivity contribution in [2.75, 3.05) is 14.2 Å². The Bertz CT molecular complexity index is 1410. The Morgan fingerprint density at radius 3 is 1.36 bits per heavy atom. The first-order chi connectivity index (χ1) is 17.4. The van der Waals surface area contributed by atoms with Crippen LogP contribution in [0.4, 0.5) is 0 Å². The largest absolute Gasteiger partial charge is 0.490 e. The van der Waals surface area contributed by atoms with Crippen molar-refractivity contribution >= 4 is 23.2 Å². The van der Waals surface area contributed by atoms with Crippen LogP contribution < -0.4 is 20.3 Å². The molecular weight excluding hydrogens is 503 g/mol. The summed E-state index contributed by atoms with van der Waals surface area (Å²) >= 11 is 13.4. The highest BCUT2D eigenvalue weighted by molar-refractivity contribution is 6.32. The molecule has 0 bridgehead atoms. The third-order valence-corrected chi connectivity index (χ3v) is 7.50. The topological polar surface area (TPSA) is 78.9 Å². The normalized spacial score (nSPS) is 21.0. The van der Waals surface area contributed by atoms with Gasteiger partial charge in [-0.1, -0.05) is 59.6 Å². The molecule has 1 aliphatic rings. The van der Waals surface area contributed by atoms with Gasteiger partial charge in [-0.25, -0.2) is 0 Å². The Morgan fingerprint density at radius 1 is 0.639 bits per heavy atom. The highest BCUT2D eigenvalue weighted by Gasteiger charge is 2.56. The molecule has 1 aliphatic carbocycles. The second-order valence-electron chi connectivity index (χ2n) is 8.58. The lowest BCUT2D eigenvalue weighted by Gasteiger charge is -2.51. The minimum atomic E-state index is -0.388. The predicted molar refractivity (Wildman–Crippen MR) is 137 cm³/mol. The Balaban J connectivity index is 1.75. The van der Waals surface area contributed by atoms with E-state index < -0.39 is 0 Å². The van der Waals surface area contributed by atoms with E-state index in [0.29, 0.717) is 21.6 Å². The number of halogens is 2. The number of hydrogen-bond acceptors (Lipinski definition) is 6. The molecule has 8 heteroatoms. The summed E-state index contributed by atoms with van der Waals surface area (Å²) in [6.45, 7) is 0. The van der Waals surface area contributed by atoms with E-state index in [-0.39, 0.29) is 46.0 Å². The molecule has 4 atom stereocenters. The fourth-order valence-corrected chi connectivity index (χ4v) is 5.72. The van der Waals surface area contributed by atoms with Crippen LogP contribution >= 0.6 is 23.2 Å². The maximum Gasteiger partial charge on any atom is 0.226 e. The van der Waals surface area contributed by atoms with Crippen LogP contribution in [-0.4, -0.2) is 14.2 Å². The van der Waals surface area contributed by atoms with Gasteiger partial charge in [0.1, 0.15) is 24.0 Å². The third kappa shape index (κ3) is 4.10. The average molecular weight is 525 g/mol. The monoisotopic (exact) mass is 524 g/mol. The van der Waals surface area contributed by atoms with E-state index in [2.05, 4.69) is 0 Å². The van der Waals surface area contributed by atoms with E-state index in [9.17, 15) is 9.59 Å².